The summed E-state index contributed by atoms with van der Waals surface area (Å²) in [6, 6.07) is 16.6. The maximum Gasteiger partial charge on any atom is 0.205 e. The molecule has 172 valence electrons. The minimum Gasteiger partial charge on any atom is -0.234 e. The summed E-state index contributed by atoms with van der Waals surface area (Å²) >= 11 is 0. The Bertz CT molecular complexity index is 1270. The molecule has 0 saturated heterocycles. The van der Waals surface area contributed by atoms with Crippen LogP contribution < -0.4 is 0 Å². The molecule has 2 aromatic carbocycles. The van der Waals surface area contributed by atoms with Gasteiger partial charge < -0.3 is 0 Å². The van der Waals surface area contributed by atoms with Gasteiger partial charge in [0.15, 0.2) is 5.82 Å². The van der Waals surface area contributed by atoms with Gasteiger partial charge in [0.05, 0.1) is 6.54 Å². The Morgan fingerprint density at radius 3 is 2.53 bits per heavy atom. The molecule has 7 heteroatoms. The molecule has 0 unspecified atom stereocenters. The molecule has 2 heterocycles. The lowest BCUT2D eigenvalue weighted by Crippen LogP contribution is -2.10. The average Bonchev–Trinajstić information content (AvgIpc) is 3.54. The van der Waals surface area contributed by atoms with Gasteiger partial charge in [0.25, 0.3) is 0 Å². The van der Waals surface area contributed by atoms with Crippen molar-refractivity contribution in [2.75, 3.05) is 0 Å². The van der Waals surface area contributed by atoms with E-state index < -0.39 is 0 Å². The van der Waals surface area contributed by atoms with E-state index in [2.05, 4.69) is 69.7 Å². The zero-order valence-electron chi connectivity index (χ0n) is 19.5. The Hall–Kier alpha value is -3.79. The van der Waals surface area contributed by atoms with E-state index in [1.165, 1.54) is 32.1 Å². The van der Waals surface area contributed by atoms with E-state index in [9.17, 15) is 0 Å². The Balaban J connectivity index is 1.37. The number of nitrogens with zero attached hydrogens (tertiary/aromatic N) is 6. The Labute approximate surface area is 200 Å². The number of rotatable bonds is 6. The number of hydrogen-bond acceptors (Lipinski definition) is 5. The van der Waals surface area contributed by atoms with Crippen LogP contribution in [0.5, 0.6) is 0 Å². The summed E-state index contributed by atoms with van der Waals surface area (Å²) in [6.07, 6.45) is 8.36. The monoisotopic (exact) mass is 451 g/mol. The topological polar surface area (TPSA) is 85.2 Å². The van der Waals surface area contributed by atoms with Crippen molar-refractivity contribution in [2.45, 2.75) is 58.4 Å². The molecule has 0 radical (unpaired) electrons. The van der Waals surface area contributed by atoms with Crippen molar-refractivity contribution in [3.05, 3.63) is 65.7 Å². The Kier molecular flexibility index (Phi) is 6.76. The number of aromatic amines is 1. The first-order chi connectivity index (χ1) is 16.8. The van der Waals surface area contributed by atoms with Crippen molar-refractivity contribution in [3.8, 4) is 34.4 Å². The third kappa shape index (κ3) is 5.07. The second-order valence-electron chi connectivity index (χ2n) is 8.85. The first-order valence-corrected chi connectivity index (χ1v) is 12.1. The smallest absolute Gasteiger partial charge is 0.205 e. The molecule has 7 nitrogen and oxygen atoms in total. The Morgan fingerprint density at radius 2 is 1.79 bits per heavy atom. The van der Waals surface area contributed by atoms with E-state index in [-0.39, 0.29) is 0 Å². The lowest BCUT2D eigenvalue weighted by molar-refractivity contribution is 0.351. The predicted octanol–water partition coefficient (Wildman–Crippen LogP) is 5.06. The van der Waals surface area contributed by atoms with Crippen LogP contribution in [0.2, 0.25) is 0 Å². The van der Waals surface area contributed by atoms with Gasteiger partial charge in [0.1, 0.15) is 0 Å². The van der Waals surface area contributed by atoms with Crippen LogP contribution in [0.1, 0.15) is 62.7 Å². The molecule has 1 aliphatic rings. The molecule has 0 spiro atoms. The van der Waals surface area contributed by atoms with Crippen LogP contribution >= 0.6 is 0 Å². The van der Waals surface area contributed by atoms with Gasteiger partial charge in [-0.15, -0.1) is 10.2 Å². The molecular weight excluding hydrogens is 422 g/mol. The van der Waals surface area contributed by atoms with E-state index in [0.717, 1.165) is 46.7 Å². The lowest BCUT2D eigenvalue weighted by atomic mass is 9.87. The molecule has 2 aromatic heterocycles. The third-order valence-corrected chi connectivity index (χ3v) is 6.40. The van der Waals surface area contributed by atoms with Crippen molar-refractivity contribution in [1.82, 2.24) is 35.4 Å². The number of H-pyrrole nitrogens is 1. The van der Waals surface area contributed by atoms with Gasteiger partial charge in [-0.1, -0.05) is 93.5 Å². The minimum atomic E-state index is 0.590. The van der Waals surface area contributed by atoms with Gasteiger partial charge in [0.2, 0.25) is 11.6 Å². The maximum absolute atomic E-state index is 4.86. The quantitative estimate of drug-likeness (QED) is 0.414. The number of aromatic nitrogens is 7. The molecule has 0 bridgehead atoms. The molecule has 0 atom stereocenters. The number of nitrogens with one attached hydrogen (secondary N) is 1. The lowest BCUT2D eigenvalue weighted by Gasteiger charge is -2.19. The summed E-state index contributed by atoms with van der Waals surface area (Å²) in [5, 5.41) is 19.4. The zero-order valence-corrected chi connectivity index (χ0v) is 19.5. The van der Waals surface area contributed by atoms with Gasteiger partial charge in [-0.05, 0) is 33.7 Å². The number of tetrazole rings is 1. The first-order valence-electron chi connectivity index (χ1n) is 12.1. The summed E-state index contributed by atoms with van der Waals surface area (Å²) in [4.78, 5) is 4.80. The van der Waals surface area contributed by atoms with Crippen LogP contribution in [0.15, 0.2) is 48.5 Å². The van der Waals surface area contributed by atoms with Crippen molar-refractivity contribution < 1.29 is 0 Å². The second-order valence-corrected chi connectivity index (χ2v) is 8.85. The molecule has 1 N–H and O–H groups in total. The highest BCUT2D eigenvalue weighted by molar-refractivity contribution is 5.80. The van der Waals surface area contributed by atoms with E-state index in [4.69, 9.17) is 10.1 Å². The molecule has 0 aliphatic heterocycles. The van der Waals surface area contributed by atoms with Crippen LogP contribution in [0.25, 0.3) is 22.5 Å². The van der Waals surface area contributed by atoms with Crippen LogP contribution in [0.4, 0.5) is 0 Å². The molecule has 5 rings (SSSR count). The van der Waals surface area contributed by atoms with Crippen LogP contribution in [0, 0.1) is 17.8 Å². The highest BCUT2D eigenvalue weighted by Crippen LogP contribution is 2.30. The molecular formula is C27H29N7. The predicted molar refractivity (Wildman–Crippen MR) is 132 cm³/mol. The molecule has 1 saturated carbocycles. The molecule has 34 heavy (non-hydrogen) atoms. The largest absolute Gasteiger partial charge is 0.234 e. The number of benzene rings is 2. The van der Waals surface area contributed by atoms with E-state index in [1.807, 2.05) is 22.9 Å². The summed E-state index contributed by atoms with van der Waals surface area (Å²) in [7, 11) is 0. The number of hydrogen-bond donors (Lipinski definition) is 1. The van der Waals surface area contributed by atoms with Crippen molar-refractivity contribution in [2.24, 2.45) is 5.92 Å². The van der Waals surface area contributed by atoms with E-state index in [0.29, 0.717) is 18.3 Å². The van der Waals surface area contributed by atoms with Crippen molar-refractivity contribution >= 4 is 0 Å². The fourth-order valence-corrected chi connectivity index (χ4v) is 4.66. The van der Waals surface area contributed by atoms with Gasteiger partial charge >= 0.3 is 0 Å². The summed E-state index contributed by atoms with van der Waals surface area (Å²) < 4.78 is 1.96. The third-order valence-electron chi connectivity index (χ3n) is 6.40. The van der Waals surface area contributed by atoms with Crippen LogP contribution in [-0.4, -0.2) is 35.4 Å². The first kappa shape index (κ1) is 22.0. The van der Waals surface area contributed by atoms with E-state index in [1.54, 1.807) is 0 Å². The van der Waals surface area contributed by atoms with Gasteiger partial charge in [-0.3, -0.25) is 0 Å². The van der Waals surface area contributed by atoms with Crippen LogP contribution in [0.3, 0.4) is 0 Å². The fourth-order valence-electron chi connectivity index (χ4n) is 4.66. The normalized spacial score (nSPS) is 14.0. The van der Waals surface area contributed by atoms with Crippen LogP contribution in [-0.2, 0) is 13.0 Å². The molecule has 1 aliphatic carbocycles. The summed E-state index contributed by atoms with van der Waals surface area (Å²) in [5.41, 5.74) is 4.28. The zero-order chi connectivity index (χ0) is 23.2. The van der Waals surface area contributed by atoms with Crippen molar-refractivity contribution in [3.63, 3.8) is 0 Å². The van der Waals surface area contributed by atoms with Gasteiger partial charge in [-0.25, -0.2) is 9.67 Å². The van der Waals surface area contributed by atoms with Gasteiger partial charge in [0, 0.05) is 18.4 Å². The average molecular weight is 452 g/mol. The maximum atomic E-state index is 4.86. The molecule has 4 aromatic rings. The molecule has 1 fully saturated rings. The standard InChI is InChI=1S/C27H29N7/c1-2-3-13-26-28-25(18-20-9-5-4-6-10-20)31-34(26)19-21-14-16-22(17-15-21)23-11-7-8-12-24(23)27-29-32-33-30-27/h7-8,11-12,14-17,20H,2,4-6,9-10,18-19H2,1H3,(H,29,30,32,33). The molecule has 0 amide bonds. The van der Waals surface area contributed by atoms with Crippen molar-refractivity contribution in [1.29, 1.82) is 0 Å². The van der Waals surface area contributed by atoms with E-state index >= 15 is 0 Å². The minimum absolute atomic E-state index is 0.590. The highest BCUT2D eigenvalue weighted by Gasteiger charge is 2.18. The summed E-state index contributed by atoms with van der Waals surface area (Å²) in [6.45, 7) is 2.71. The fraction of sp³-hybridized carbons (Fsp3) is 0.370. The summed E-state index contributed by atoms with van der Waals surface area (Å²) in [5.74, 6) is 9.37. The Morgan fingerprint density at radius 1 is 1.00 bits per heavy atom. The SMILES string of the molecule is CCC#Cc1nc(CC2CCCCC2)nn1Cc1ccc(-c2ccccc2-c2nn[nH]n2)cc1. The van der Waals surface area contributed by atoms with Gasteiger partial charge in [-0.2, -0.15) is 10.3 Å². The second kappa shape index (κ2) is 10.4. The highest BCUT2D eigenvalue weighted by atomic mass is 15.5.